The molecule has 0 aromatic carbocycles. The molecule has 2 saturated heterocycles. The molecule has 4 nitrogen and oxygen atoms in total. The van der Waals surface area contributed by atoms with Crippen molar-refractivity contribution >= 4 is 11.8 Å². The monoisotopic (exact) mass is 356 g/mol. The standard InChI is InChI=1S/C22H28O4/c1-19-8-5-14(23)11-13(19)3-4-16-15-6-9-21(10-7-18(24)26-21)20(15,2)12-17-22(16,19)25-17/h11,15-17H,3-10,12H2,1-2H3/t15-,16-,17-,19-,20-,21+,22+/m0/s1. The van der Waals surface area contributed by atoms with E-state index >= 15 is 0 Å². The second-order valence-electron chi connectivity index (χ2n) is 10.2. The van der Waals surface area contributed by atoms with Crippen LogP contribution < -0.4 is 0 Å². The number of esters is 1. The molecule has 6 rings (SSSR count). The van der Waals surface area contributed by atoms with E-state index in [4.69, 9.17) is 9.47 Å². The molecule has 4 heteroatoms. The molecule has 140 valence electrons. The van der Waals surface area contributed by atoms with Crippen molar-refractivity contribution in [2.24, 2.45) is 22.7 Å². The van der Waals surface area contributed by atoms with E-state index in [0.29, 0.717) is 30.5 Å². The van der Waals surface area contributed by atoms with Crippen molar-refractivity contribution in [1.29, 1.82) is 0 Å². The van der Waals surface area contributed by atoms with Crippen LogP contribution in [0.25, 0.3) is 0 Å². The molecule has 26 heavy (non-hydrogen) atoms. The van der Waals surface area contributed by atoms with Crippen molar-refractivity contribution in [1.82, 2.24) is 0 Å². The van der Waals surface area contributed by atoms with Crippen molar-refractivity contribution in [3.63, 3.8) is 0 Å². The van der Waals surface area contributed by atoms with Gasteiger partial charge in [-0.3, -0.25) is 9.59 Å². The molecular weight excluding hydrogens is 328 g/mol. The lowest BCUT2D eigenvalue weighted by atomic mass is 9.46. The zero-order valence-corrected chi connectivity index (χ0v) is 15.8. The lowest BCUT2D eigenvalue weighted by Gasteiger charge is -2.56. The van der Waals surface area contributed by atoms with E-state index in [1.165, 1.54) is 5.57 Å². The predicted octanol–water partition coefficient (Wildman–Crippen LogP) is 3.73. The smallest absolute Gasteiger partial charge is 0.306 e. The van der Waals surface area contributed by atoms with Crippen LogP contribution >= 0.6 is 0 Å². The summed E-state index contributed by atoms with van der Waals surface area (Å²) in [6.45, 7) is 4.74. The highest BCUT2D eigenvalue weighted by Crippen LogP contribution is 2.77. The second-order valence-corrected chi connectivity index (χ2v) is 10.2. The Morgan fingerprint density at radius 2 is 1.85 bits per heavy atom. The van der Waals surface area contributed by atoms with Gasteiger partial charge in [0.1, 0.15) is 11.2 Å². The number of ketones is 1. The molecule has 6 aliphatic rings. The molecular formula is C22H28O4. The van der Waals surface area contributed by atoms with E-state index in [9.17, 15) is 9.59 Å². The van der Waals surface area contributed by atoms with Gasteiger partial charge in [-0.05, 0) is 62.9 Å². The van der Waals surface area contributed by atoms with E-state index in [-0.39, 0.29) is 34.1 Å². The Bertz CT molecular complexity index is 770. The van der Waals surface area contributed by atoms with E-state index in [2.05, 4.69) is 13.8 Å². The first-order chi connectivity index (χ1) is 12.3. The highest BCUT2D eigenvalue weighted by atomic mass is 16.6. The summed E-state index contributed by atoms with van der Waals surface area (Å²) in [5.74, 6) is 1.40. The Morgan fingerprint density at radius 3 is 2.62 bits per heavy atom. The Kier molecular flexibility index (Phi) is 2.72. The van der Waals surface area contributed by atoms with E-state index in [1.54, 1.807) is 0 Å². The quantitative estimate of drug-likeness (QED) is 0.490. The lowest BCUT2D eigenvalue weighted by Crippen LogP contribution is -2.59. The number of fused-ring (bicyclic) bond motifs is 4. The van der Waals surface area contributed by atoms with Crippen LogP contribution in [-0.2, 0) is 19.1 Å². The highest BCUT2D eigenvalue weighted by molar-refractivity contribution is 5.91. The Labute approximate surface area is 154 Å². The Hall–Kier alpha value is -1.16. The number of carbonyl (C=O) groups excluding carboxylic acids is 2. The molecule has 0 bridgehead atoms. The molecule has 5 fully saturated rings. The maximum Gasteiger partial charge on any atom is 0.306 e. The number of epoxide rings is 1. The number of hydrogen-bond donors (Lipinski definition) is 0. The first-order valence-corrected chi connectivity index (χ1v) is 10.5. The minimum Gasteiger partial charge on any atom is -0.458 e. The molecule has 3 saturated carbocycles. The van der Waals surface area contributed by atoms with Gasteiger partial charge in [0.25, 0.3) is 0 Å². The number of carbonyl (C=O) groups is 2. The van der Waals surface area contributed by atoms with Crippen LogP contribution in [0.1, 0.15) is 71.6 Å². The highest BCUT2D eigenvalue weighted by Gasteiger charge is 2.81. The maximum atomic E-state index is 12.0. The average Bonchev–Trinajstić information content (AvgIpc) is 3.08. The van der Waals surface area contributed by atoms with Gasteiger partial charge < -0.3 is 9.47 Å². The number of rotatable bonds is 0. The summed E-state index contributed by atoms with van der Waals surface area (Å²) in [4.78, 5) is 24.0. The zero-order valence-electron chi connectivity index (χ0n) is 15.8. The fourth-order valence-electron chi connectivity index (χ4n) is 8.30. The summed E-state index contributed by atoms with van der Waals surface area (Å²) in [5.41, 5.74) is 1.12. The fourth-order valence-corrected chi connectivity index (χ4v) is 8.30. The molecule has 2 spiro atoms. The normalized spacial score (nSPS) is 57.0. The predicted molar refractivity (Wildman–Crippen MR) is 94.3 cm³/mol. The summed E-state index contributed by atoms with van der Waals surface area (Å²) >= 11 is 0. The van der Waals surface area contributed by atoms with Gasteiger partial charge in [0, 0.05) is 23.7 Å². The average molecular weight is 356 g/mol. The summed E-state index contributed by atoms with van der Waals surface area (Å²) in [5, 5.41) is 0. The van der Waals surface area contributed by atoms with E-state index in [0.717, 1.165) is 44.9 Å². The fraction of sp³-hybridized carbons (Fsp3) is 0.818. The first-order valence-electron chi connectivity index (χ1n) is 10.5. The van der Waals surface area contributed by atoms with Gasteiger partial charge in [-0.1, -0.05) is 19.4 Å². The van der Waals surface area contributed by atoms with Crippen LogP contribution in [0.4, 0.5) is 0 Å². The van der Waals surface area contributed by atoms with Crippen molar-refractivity contribution in [2.75, 3.05) is 0 Å². The van der Waals surface area contributed by atoms with Gasteiger partial charge in [-0.2, -0.15) is 0 Å². The summed E-state index contributed by atoms with van der Waals surface area (Å²) in [7, 11) is 0. The van der Waals surface area contributed by atoms with Gasteiger partial charge in [0.15, 0.2) is 5.78 Å². The molecule has 2 heterocycles. The van der Waals surface area contributed by atoms with Gasteiger partial charge in [0.2, 0.25) is 0 Å². The third kappa shape index (κ3) is 1.51. The van der Waals surface area contributed by atoms with Crippen LogP contribution in [0.3, 0.4) is 0 Å². The summed E-state index contributed by atoms with van der Waals surface area (Å²) in [6.07, 6.45) is 10.6. The summed E-state index contributed by atoms with van der Waals surface area (Å²) < 4.78 is 12.6. The van der Waals surface area contributed by atoms with Crippen LogP contribution in [0.15, 0.2) is 11.6 Å². The molecule has 0 aromatic rings. The van der Waals surface area contributed by atoms with Gasteiger partial charge >= 0.3 is 5.97 Å². The SMILES string of the molecule is C[C@]12CCC(=O)C=C1CC[C@H]1[C@@H]3CC[C@@]4(CCC(=O)O4)[C@@]3(C)C[C@@H]3O[C@@]312. The van der Waals surface area contributed by atoms with Crippen LogP contribution in [0.2, 0.25) is 0 Å². The maximum absolute atomic E-state index is 12.0. The van der Waals surface area contributed by atoms with Gasteiger partial charge in [-0.15, -0.1) is 0 Å². The molecule has 0 amide bonds. The third-order valence-corrected chi connectivity index (χ3v) is 9.67. The molecule has 7 atom stereocenters. The van der Waals surface area contributed by atoms with Crippen molar-refractivity contribution < 1.29 is 19.1 Å². The third-order valence-electron chi connectivity index (χ3n) is 9.67. The van der Waals surface area contributed by atoms with Crippen molar-refractivity contribution in [3.05, 3.63) is 11.6 Å². The minimum absolute atomic E-state index is 0.00737. The van der Waals surface area contributed by atoms with Crippen LogP contribution in [0, 0.1) is 22.7 Å². The number of hydrogen-bond acceptors (Lipinski definition) is 4. The lowest BCUT2D eigenvalue weighted by molar-refractivity contribution is -0.164. The van der Waals surface area contributed by atoms with Crippen molar-refractivity contribution in [3.8, 4) is 0 Å². The molecule has 4 aliphatic carbocycles. The minimum atomic E-state index is -0.244. The topological polar surface area (TPSA) is 55.9 Å². The zero-order chi connectivity index (χ0) is 17.9. The summed E-state index contributed by atoms with van der Waals surface area (Å²) in [6, 6.07) is 0. The Balaban J connectivity index is 1.42. The second kappa shape index (κ2) is 4.45. The molecule has 0 N–H and O–H groups in total. The van der Waals surface area contributed by atoms with Crippen LogP contribution in [-0.4, -0.2) is 29.1 Å². The largest absolute Gasteiger partial charge is 0.458 e. The van der Waals surface area contributed by atoms with E-state index in [1.807, 2.05) is 6.08 Å². The van der Waals surface area contributed by atoms with Gasteiger partial charge in [-0.25, -0.2) is 0 Å². The molecule has 2 aliphatic heterocycles. The van der Waals surface area contributed by atoms with Gasteiger partial charge in [0.05, 0.1) is 6.10 Å². The molecule has 0 unspecified atom stereocenters. The first kappa shape index (κ1) is 15.9. The van der Waals surface area contributed by atoms with Crippen LogP contribution in [0.5, 0.6) is 0 Å². The van der Waals surface area contributed by atoms with E-state index < -0.39 is 0 Å². The Morgan fingerprint density at radius 1 is 1.00 bits per heavy atom. The molecule has 0 radical (unpaired) electrons. The number of ether oxygens (including phenoxy) is 2. The molecule has 0 aromatic heterocycles. The van der Waals surface area contributed by atoms with Crippen molar-refractivity contribution in [2.45, 2.75) is 88.9 Å².